The Bertz CT molecular complexity index is 2300. The first-order valence-electron chi connectivity index (χ1n) is 16.1. The molecule has 0 radical (unpaired) electrons. The molecule has 0 aliphatic carbocycles. The van der Waals surface area contributed by atoms with E-state index < -0.39 is 87.8 Å². The number of hydrogen-bond acceptors (Lipinski definition) is 1. The van der Waals surface area contributed by atoms with E-state index >= 15 is 17.6 Å². The molecular weight excluding hydrogens is 734 g/mol. The Morgan fingerprint density at radius 2 is 1.00 bits per heavy atom. The maximum atomic E-state index is 15.5. The monoisotopic (exact) mass is 769 g/mol. The Labute approximate surface area is 298 Å². The number of hydrogen-bond donors (Lipinski definition) is 0. The largest absolute Gasteiger partial charge is 0.497 e. The number of nitrogens with zero attached hydrogens (tertiary/aromatic N) is 1. The van der Waals surface area contributed by atoms with Crippen LogP contribution in [0.4, 0.5) is 39.5 Å². The molecule has 13 heteroatoms. The van der Waals surface area contributed by atoms with Crippen LogP contribution in [0.25, 0.3) is 27.5 Å². The Balaban J connectivity index is 0.00000257. The summed E-state index contributed by atoms with van der Waals surface area (Å²) in [6.07, 6.45) is 4.55. The van der Waals surface area contributed by atoms with Crippen LogP contribution < -0.4 is 4.74 Å². The summed E-state index contributed by atoms with van der Waals surface area (Å²) >= 11 is 0. The maximum absolute atomic E-state index is 15.5. The van der Waals surface area contributed by atoms with Crippen LogP contribution >= 0.6 is 20.1 Å². The van der Waals surface area contributed by atoms with Crippen LogP contribution in [-0.4, -0.2) is 36.2 Å². The number of methoxy groups -OCH3 is 1. The van der Waals surface area contributed by atoms with Crippen molar-refractivity contribution < 1.29 is 44.3 Å². The fraction of sp³-hybridized carbons (Fsp3) is 0.231. The van der Waals surface area contributed by atoms with Gasteiger partial charge in [-0.15, -0.1) is 0 Å². The van der Waals surface area contributed by atoms with Gasteiger partial charge in [-0.05, 0) is 102 Å². The van der Waals surface area contributed by atoms with Crippen molar-refractivity contribution in [2.24, 2.45) is 0 Å². The predicted octanol–water partition coefficient (Wildman–Crippen LogP) is 12.7. The average Bonchev–Trinajstić information content (AvgIpc) is 3.48. The zero-order valence-corrected chi connectivity index (χ0v) is 31.2. The summed E-state index contributed by atoms with van der Waals surface area (Å²) in [5.41, 5.74) is 1.22. The second-order valence-corrected chi connectivity index (χ2v) is 19.4. The van der Waals surface area contributed by atoms with Gasteiger partial charge in [0.2, 0.25) is 5.82 Å². The maximum Gasteiger partial charge on any atom is 0.200 e. The summed E-state index contributed by atoms with van der Waals surface area (Å²) in [5.74, 6) is -15.7. The smallest absolute Gasteiger partial charge is 0.200 e. The van der Waals surface area contributed by atoms with Gasteiger partial charge in [0.25, 0.3) is 0 Å². The Hall–Kier alpha value is -4.23. The minimum atomic E-state index is -2.88. The molecule has 0 fully saturated rings. The molecule has 0 saturated carbocycles. The van der Waals surface area contributed by atoms with Crippen LogP contribution in [0.2, 0.25) is 0 Å². The van der Waals surface area contributed by atoms with Gasteiger partial charge in [0.15, 0.2) is 40.7 Å². The molecule has 0 aliphatic rings. The van der Waals surface area contributed by atoms with E-state index in [-0.39, 0.29) is 5.75 Å². The lowest BCUT2D eigenvalue weighted by molar-refractivity contribution is 0.360. The standard InChI is InChI=1S/C37H30F9NOS2.C2H6/c1-7-50(6,37-34(45)31(42)30(41)32(43)35(37)46)22-13-15-26-24(17-22)23-16-21(12-14-25(23)47(26)19-8-10-20(48-3)11-9-19)49(4,5)36-28(39)18(2)27(38)29(40)33(36)44;1-2/h8-17H,7H2,1-6H3;1-2H3. The summed E-state index contributed by atoms with van der Waals surface area (Å²) in [6, 6.07) is 17.0. The quantitative estimate of drug-likeness (QED) is 0.0896. The van der Waals surface area contributed by atoms with Crippen molar-refractivity contribution in [1.29, 1.82) is 0 Å². The molecule has 6 aromatic rings. The molecule has 0 bridgehead atoms. The molecule has 0 saturated heterocycles. The van der Waals surface area contributed by atoms with Crippen molar-refractivity contribution in [3.8, 4) is 11.4 Å². The van der Waals surface area contributed by atoms with Gasteiger partial charge >= 0.3 is 0 Å². The van der Waals surface area contributed by atoms with Gasteiger partial charge in [0, 0.05) is 22.0 Å². The van der Waals surface area contributed by atoms with Gasteiger partial charge < -0.3 is 9.30 Å². The number of benzene rings is 5. The fourth-order valence-corrected chi connectivity index (χ4v) is 11.1. The highest BCUT2D eigenvalue weighted by Gasteiger charge is 2.36. The Kier molecular flexibility index (Phi) is 10.7. The highest BCUT2D eigenvalue weighted by molar-refractivity contribution is 8.33. The molecule has 0 amide bonds. The third kappa shape index (κ3) is 5.89. The summed E-state index contributed by atoms with van der Waals surface area (Å²) < 4.78 is 140. The van der Waals surface area contributed by atoms with Crippen molar-refractivity contribution in [2.45, 2.75) is 47.3 Å². The zero-order valence-electron chi connectivity index (χ0n) is 29.6. The van der Waals surface area contributed by atoms with E-state index in [0.717, 1.165) is 6.92 Å². The van der Waals surface area contributed by atoms with Gasteiger partial charge in [-0.3, -0.25) is 0 Å². The second kappa shape index (κ2) is 14.3. The Morgan fingerprint density at radius 3 is 1.50 bits per heavy atom. The molecular formula is C39H36F9NOS2. The molecule has 0 N–H and O–H groups in total. The molecule has 6 rings (SSSR count). The van der Waals surface area contributed by atoms with E-state index in [1.54, 1.807) is 80.1 Å². The molecule has 0 spiro atoms. The number of rotatable bonds is 7. The van der Waals surface area contributed by atoms with Gasteiger partial charge in [-0.25, -0.2) is 39.5 Å². The minimum Gasteiger partial charge on any atom is -0.497 e. The normalized spacial score (nSPS) is 13.9. The van der Waals surface area contributed by atoms with E-state index in [0.29, 0.717) is 43.0 Å². The van der Waals surface area contributed by atoms with Crippen LogP contribution in [-0.2, 0) is 0 Å². The van der Waals surface area contributed by atoms with Gasteiger partial charge in [-0.2, -0.15) is 20.1 Å². The van der Waals surface area contributed by atoms with Crippen molar-refractivity contribution in [1.82, 2.24) is 4.57 Å². The molecule has 1 unspecified atom stereocenters. The molecule has 52 heavy (non-hydrogen) atoms. The van der Waals surface area contributed by atoms with E-state index in [2.05, 4.69) is 0 Å². The first kappa shape index (κ1) is 39.0. The molecule has 2 nitrogen and oxygen atoms in total. The van der Waals surface area contributed by atoms with Gasteiger partial charge in [-0.1, -0.05) is 20.8 Å². The first-order chi connectivity index (χ1) is 24.5. The van der Waals surface area contributed by atoms with Crippen molar-refractivity contribution in [2.75, 3.05) is 31.6 Å². The summed E-state index contributed by atoms with van der Waals surface area (Å²) in [7, 11) is -4.06. The number of halogens is 9. The van der Waals surface area contributed by atoms with Gasteiger partial charge in [0.05, 0.1) is 27.9 Å². The highest BCUT2D eigenvalue weighted by Crippen LogP contribution is 2.63. The third-order valence-electron chi connectivity index (χ3n) is 9.30. The second-order valence-electron chi connectivity index (χ2n) is 12.2. The number of ether oxygens (including phenoxy) is 1. The topological polar surface area (TPSA) is 14.2 Å². The summed E-state index contributed by atoms with van der Waals surface area (Å²) in [6.45, 7) is 6.62. The predicted molar refractivity (Wildman–Crippen MR) is 192 cm³/mol. The lowest BCUT2D eigenvalue weighted by atomic mass is 10.1. The third-order valence-corrected chi connectivity index (χ3v) is 15.8. The highest BCUT2D eigenvalue weighted by atomic mass is 32.3. The van der Waals surface area contributed by atoms with Crippen molar-refractivity contribution in [3.05, 3.63) is 119 Å². The van der Waals surface area contributed by atoms with E-state index in [1.807, 2.05) is 18.4 Å². The fourth-order valence-electron chi connectivity index (χ4n) is 6.29. The molecule has 1 aromatic heterocycles. The lowest BCUT2D eigenvalue weighted by Gasteiger charge is -2.36. The molecule has 5 aromatic carbocycles. The van der Waals surface area contributed by atoms with Crippen LogP contribution in [0.5, 0.6) is 5.75 Å². The molecule has 278 valence electrons. The lowest BCUT2D eigenvalue weighted by Crippen LogP contribution is -2.13. The number of fused-ring (bicyclic) bond motifs is 3. The zero-order chi connectivity index (χ0) is 38.6. The summed E-state index contributed by atoms with van der Waals surface area (Å²) in [5, 5.41) is 1.02. The van der Waals surface area contributed by atoms with Gasteiger partial charge in [0.1, 0.15) is 11.6 Å². The minimum absolute atomic E-state index is 0.0183. The van der Waals surface area contributed by atoms with E-state index in [1.165, 1.54) is 13.4 Å². The SMILES string of the molecule is CC.CCS(C)(c1ccc2c(c1)c1cc(S(C)(C)c3c(F)c(C)c(F)c(F)c3F)ccc1n2-c1ccc(OC)cc1)c1c(F)c(F)c(F)c(F)c1F. The van der Waals surface area contributed by atoms with Crippen molar-refractivity contribution >= 4 is 41.9 Å². The van der Waals surface area contributed by atoms with Crippen LogP contribution in [0.1, 0.15) is 26.3 Å². The molecule has 0 aliphatic heterocycles. The Morgan fingerprint density at radius 1 is 0.558 bits per heavy atom. The van der Waals surface area contributed by atoms with Crippen LogP contribution in [0.15, 0.2) is 80.2 Å². The molecule has 1 atom stereocenters. The average molecular weight is 770 g/mol. The van der Waals surface area contributed by atoms with Crippen molar-refractivity contribution in [3.63, 3.8) is 0 Å². The van der Waals surface area contributed by atoms with E-state index in [4.69, 9.17) is 4.74 Å². The molecule has 1 heterocycles. The first-order valence-corrected chi connectivity index (χ1v) is 20.7. The summed E-state index contributed by atoms with van der Waals surface area (Å²) in [4.78, 5) is -0.782. The van der Waals surface area contributed by atoms with E-state index in [9.17, 15) is 22.0 Å². The van der Waals surface area contributed by atoms with Crippen LogP contribution in [0.3, 0.4) is 0 Å². The van der Waals surface area contributed by atoms with Crippen LogP contribution in [0, 0.1) is 59.3 Å². The number of aromatic nitrogens is 1.